The van der Waals surface area contributed by atoms with Gasteiger partial charge in [-0.3, -0.25) is 0 Å². The van der Waals surface area contributed by atoms with Crippen LogP contribution in [-0.4, -0.2) is 40.3 Å². The van der Waals surface area contributed by atoms with Gasteiger partial charge in [-0.15, -0.1) is 17.5 Å². The highest BCUT2D eigenvalue weighted by Crippen LogP contribution is 2.30. The number of alkyl carbamates (subject to hydrolysis) is 1. The summed E-state index contributed by atoms with van der Waals surface area (Å²) in [5, 5.41) is 13.6. The number of hydrogen-bond acceptors (Lipinski definition) is 5. The van der Waals surface area contributed by atoms with Gasteiger partial charge in [0.15, 0.2) is 0 Å². The minimum absolute atomic E-state index is 0. The molecule has 1 aromatic heterocycles. The molecule has 2 N–H and O–H groups in total. The van der Waals surface area contributed by atoms with Crippen LogP contribution in [0.25, 0.3) is 5.57 Å². The van der Waals surface area contributed by atoms with Crippen LogP contribution in [0, 0.1) is 5.82 Å². The van der Waals surface area contributed by atoms with Crippen LogP contribution in [0.15, 0.2) is 36.7 Å². The molecule has 1 aromatic carbocycles. The largest absolute Gasteiger partial charge is 0.442 e. The zero-order valence-corrected chi connectivity index (χ0v) is 14.7. The molecule has 1 amide bonds. The molecule has 2 aliphatic rings. The van der Waals surface area contributed by atoms with Crippen molar-refractivity contribution in [2.75, 3.05) is 13.1 Å². The van der Waals surface area contributed by atoms with Crippen LogP contribution in [-0.2, 0) is 11.3 Å². The number of rotatable bonds is 4. The van der Waals surface area contributed by atoms with Gasteiger partial charge in [-0.1, -0.05) is 23.4 Å². The molecule has 2 aliphatic heterocycles. The van der Waals surface area contributed by atoms with Gasteiger partial charge in [0, 0.05) is 18.3 Å². The van der Waals surface area contributed by atoms with E-state index in [0.717, 1.165) is 25.1 Å². The van der Waals surface area contributed by atoms with Crippen LogP contribution >= 0.6 is 12.4 Å². The maximum atomic E-state index is 14.6. The zero-order chi connectivity index (χ0) is 17.2. The lowest BCUT2D eigenvalue weighted by Gasteiger charge is -2.19. The molecule has 9 heteroatoms. The number of ether oxygens (including phenoxy) is 1. The molecule has 0 bridgehead atoms. The molecular formula is C17H19ClFN5O2. The first kappa shape index (κ1) is 18.3. The Balaban J connectivity index is 0.00000196. The highest BCUT2D eigenvalue weighted by Gasteiger charge is 2.36. The lowest BCUT2D eigenvalue weighted by molar-refractivity contribution is 0.117. The monoisotopic (exact) mass is 379 g/mol. The number of amides is 1. The summed E-state index contributed by atoms with van der Waals surface area (Å²) < 4.78 is 21.5. The fourth-order valence-electron chi connectivity index (χ4n) is 3.27. The molecule has 1 fully saturated rings. The first-order chi connectivity index (χ1) is 12.2. The molecule has 2 aromatic rings. The smallest absolute Gasteiger partial charge is 0.408 e. The number of halogens is 2. The lowest BCUT2D eigenvalue weighted by Crippen LogP contribution is -2.26. The van der Waals surface area contributed by atoms with E-state index in [0.29, 0.717) is 17.7 Å². The normalized spacial score (nSPS) is 22.2. The number of nitrogens with one attached hydrogen (secondary N) is 2. The number of nitrogens with zero attached hydrogens (tertiary/aromatic N) is 3. The summed E-state index contributed by atoms with van der Waals surface area (Å²) >= 11 is 0. The maximum Gasteiger partial charge on any atom is 0.408 e. The minimum atomic E-state index is -0.513. The average molecular weight is 380 g/mol. The van der Waals surface area contributed by atoms with Crippen molar-refractivity contribution in [3.05, 3.63) is 53.6 Å². The molecule has 0 saturated carbocycles. The Hall–Kier alpha value is -2.45. The van der Waals surface area contributed by atoms with E-state index in [9.17, 15) is 9.18 Å². The van der Waals surface area contributed by atoms with Crippen molar-refractivity contribution in [1.82, 2.24) is 25.6 Å². The fraction of sp³-hybridized carbons (Fsp3) is 0.353. The Bertz CT molecular complexity index is 811. The van der Waals surface area contributed by atoms with E-state index >= 15 is 0 Å². The van der Waals surface area contributed by atoms with E-state index in [1.807, 2.05) is 12.1 Å². The van der Waals surface area contributed by atoms with Crippen molar-refractivity contribution >= 4 is 24.1 Å². The number of benzene rings is 1. The molecule has 138 valence electrons. The van der Waals surface area contributed by atoms with Crippen molar-refractivity contribution in [1.29, 1.82) is 0 Å². The zero-order valence-electron chi connectivity index (χ0n) is 13.9. The Labute approximate surface area is 156 Å². The van der Waals surface area contributed by atoms with E-state index < -0.39 is 18.2 Å². The van der Waals surface area contributed by atoms with E-state index in [2.05, 4.69) is 20.9 Å². The molecule has 0 aliphatic carbocycles. The van der Waals surface area contributed by atoms with Gasteiger partial charge in [0.05, 0.1) is 18.8 Å². The number of cyclic esters (lactones) is 1. The second kappa shape index (κ2) is 7.84. The van der Waals surface area contributed by atoms with Crippen molar-refractivity contribution in [3.63, 3.8) is 0 Å². The number of carbonyl (C=O) groups excluding carboxylic acids is 1. The van der Waals surface area contributed by atoms with Gasteiger partial charge < -0.3 is 15.4 Å². The highest BCUT2D eigenvalue weighted by molar-refractivity contribution is 5.85. The van der Waals surface area contributed by atoms with Gasteiger partial charge in [-0.05, 0) is 30.2 Å². The maximum absolute atomic E-state index is 14.6. The Morgan fingerprint density at radius 1 is 1.38 bits per heavy atom. The van der Waals surface area contributed by atoms with Gasteiger partial charge in [0.25, 0.3) is 0 Å². The van der Waals surface area contributed by atoms with Crippen LogP contribution in [0.5, 0.6) is 0 Å². The van der Waals surface area contributed by atoms with Crippen molar-refractivity contribution in [3.8, 4) is 0 Å². The Kier molecular flexibility index (Phi) is 5.53. The standard InChI is InChI=1S/C17H18FN5O2.ClH/c18-14-9-12(1-2-13(14)11-3-5-19-6-4-11)16-15(25-17(24)21-16)10-23-8-7-20-22-23;/h1-3,7-9,15-16,19H,4-6,10H2,(H,21,24);1H/t15-,16?;/m1./s1. The molecular weight excluding hydrogens is 361 g/mol. The second-order valence-electron chi connectivity index (χ2n) is 6.11. The highest BCUT2D eigenvalue weighted by atomic mass is 35.5. The molecule has 1 unspecified atom stereocenters. The number of aromatic nitrogens is 3. The van der Waals surface area contributed by atoms with Crippen LogP contribution in [0.2, 0.25) is 0 Å². The first-order valence-electron chi connectivity index (χ1n) is 8.21. The lowest BCUT2D eigenvalue weighted by atomic mass is 9.95. The van der Waals surface area contributed by atoms with Gasteiger partial charge in [0.2, 0.25) is 0 Å². The van der Waals surface area contributed by atoms with Crippen LogP contribution in [0.1, 0.15) is 23.6 Å². The predicted molar refractivity (Wildman–Crippen MR) is 95.3 cm³/mol. The van der Waals surface area contributed by atoms with Crippen molar-refractivity contribution < 1.29 is 13.9 Å². The summed E-state index contributed by atoms with van der Waals surface area (Å²) in [5.74, 6) is -0.286. The average Bonchev–Trinajstić information content (AvgIpc) is 3.25. The summed E-state index contributed by atoms with van der Waals surface area (Å²) in [6, 6.07) is 4.67. The van der Waals surface area contributed by atoms with E-state index in [1.165, 1.54) is 6.07 Å². The van der Waals surface area contributed by atoms with E-state index in [-0.39, 0.29) is 18.2 Å². The summed E-state index contributed by atoms with van der Waals surface area (Å²) in [5.41, 5.74) is 2.30. The number of hydrogen-bond donors (Lipinski definition) is 2. The Morgan fingerprint density at radius 3 is 2.96 bits per heavy atom. The first-order valence-corrected chi connectivity index (χ1v) is 8.21. The predicted octanol–water partition coefficient (Wildman–Crippen LogP) is 2.07. The summed E-state index contributed by atoms with van der Waals surface area (Å²) in [6.07, 6.45) is 5.07. The summed E-state index contributed by atoms with van der Waals surface area (Å²) in [6.45, 7) is 1.95. The third-order valence-electron chi connectivity index (χ3n) is 4.50. The van der Waals surface area contributed by atoms with Gasteiger partial charge in [0.1, 0.15) is 11.9 Å². The molecule has 0 radical (unpaired) electrons. The topological polar surface area (TPSA) is 81.1 Å². The third-order valence-corrected chi connectivity index (χ3v) is 4.50. The minimum Gasteiger partial charge on any atom is -0.442 e. The van der Waals surface area contributed by atoms with Gasteiger partial charge in [-0.25, -0.2) is 13.9 Å². The molecule has 1 saturated heterocycles. The summed E-state index contributed by atoms with van der Waals surface area (Å²) in [7, 11) is 0. The quantitative estimate of drug-likeness (QED) is 0.850. The Morgan fingerprint density at radius 2 is 2.27 bits per heavy atom. The van der Waals surface area contributed by atoms with Crippen molar-refractivity contribution in [2.45, 2.75) is 25.1 Å². The van der Waals surface area contributed by atoms with Crippen molar-refractivity contribution in [2.24, 2.45) is 0 Å². The van der Waals surface area contributed by atoms with Crippen LogP contribution < -0.4 is 10.6 Å². The second-order valence-corrected chi connectivity index (χ2v) is 6.11. The molecule has 4 rings (SSSR count). The molecule has 0 spiro atoms. The summed E-state index contributed by atoms with van der Waals surface area (Å²) in [4.78, 5) is 11.7. The molecule has 3 heterocycles. The SMILES string of the molecule is Cl.O=C1NC(c2ccc(C3=CCNCC3)c(F)c2)[C@@H](Cn2ccnn2)O1. The van der Waals surface area contributed by atoms with Gasteiger partial charge in [-0.2, -0.15) is 0 Å². The van der Waals surface area contributed by atoms with Gasteiger partial charge >= 0.3 is 6.09 Å². The molecule has 2 atom stereocenters. The third kappa shape index (κ3) is 3.71. The van der Waals surface area contributed by atoms with Crippen LogP contribution in [0.4, 0.5) is 9.18 Å². The van der Waals surface area contributed by atoms with E-state index in [4.69, 9.17) is 4.74 Å². The van der Waals surface area contributed by atoms with E-state index in [1.54, 1.807) is 23.1 Å². The molecule has 7 nitrogen and oxygen atoms in total. The fourth-order valence-corrected chi connectivity index (χ4v) is 3.27. The molecule has 26 heavy (non-hydrogen) atoms. The van der Waals surface area contributed by atoms with Crippen LogP contribution in [0.3, 0.4) is 0 Å². The number of carbonyl (C=O) groups is 1.